The Balaban J connectivity index is 2.87. The van der Waals surface area contributed by atoms with Crippen LogP contribution >= 0.6 is 0 Å². The molecule has 0 aliphatic rings. The molecule has 1 radical (unpaired) electrons. The van der Waals surface area contributed by atoms with Gasteiger partial charge in [0.2, 0.25) is 0 Å². The highest BCUT2D eigenvalue weighted by molar-refractivity contribution is 4.86. The van der Waals surface area contributed by atoms with Crippen LogP contribution in [0.4, 0.5) is 0 Å². The van der Waals surface area contributed by atoms with E-state index < -0.39 is 5.54 Å². The van der Waals surface area contributed by atoms with E-state index in [0.717, 1.165) is 0 Å². The molecule has 0 saturated heterocycles. The van der Waals surface area contributed by atoms with Gasteiger partial charge in [0.05, 0.1) is 19.4 Å². The number of nitrogens with zero attached hydrogens (tertiary/aromatic N) is 2. The van der Waals surface area contributed by atoms with E-state index in [0.29, 0.717) is 0 Å². The zero-order valence-corrected chi connectivity index (χ0v) is 6.36. The van der Waals surface area contributed by atoms with E-state index in [2.05, 4.69) is 11.2 Å². The van der Waals surface area contributed by atoms with Crippen molar-refractivity contribution in [2.45, 2.75) is 12.5 Å². The van der Waals surface area contributed by atoms with Crippen LogP contribution in [-0.2, 0) is 5.54 Å². The van der Waals surface area contributed by atoms with Crippen LogP contribution in [0, 0.1) is 6.07 Å². The first kappa shape index (κ1) is 8.23. The maximum absolute atomic E-state index is 8.92. The van der Waals surface area contributed by atoms with Gasteiger partial charge in [0.1, 0.15) is 5.54 Å². The van der Waals surface area contributed by atoms with E-state index >= 15 is 0 Å². The Morgan fingerprint density at radius 2 is 2.18 bits per heavy atom. The molecule has 0 aliphatic heterocycles. The molecule has 0 aromatic carbocycles. The van der Waals surface area contributed by atoms with Crippen molar-refractivity contribution in [2.24, 2.45) is 0 Å². The van der Waals surface area contributed by atoms with Gasteiger partial charge in [0.15, 0.2) is 0 Å². The van der Waals surface area contributed by atoms with Gasteiger partial charge in [0.25, 0.3) is 0 Å². The second kappa shape index (κ2) is 3.02. The monoisotopic (exact) mass is 155 g/mol. The van der Waals surface area contributed by atoms with Crippen molar-refractivity contribution in [1.82, 2.24) is 9.78 Å². The molecule has 0 spiro atoms. The number of hydrogen-bond acceptors (Lipinski definition) is 3. The van der Waals surface area contributed by atoms with Crippen LogP contribution < -0.4 is 0 Å². The summed E-state index contributed by atoms with van der Waals surface area (Å²) in [5.74, 6) is 0. The Bertz CT molecular complexity index is 204. The lowest BCUT2D eigenvalue weighted by atomic mass is 10.1. The highest BCUT2D eigenvalue weighted by atomic mass is 16.3. The number of rotatable bonds is 3. The normalized spacial score (nSPS) is 11.9. The summed E-state index contributed by atoms with van der Waals surface area (Å²) in [6.45, 7) is 1.44. The fourth-order valence-corrected chi connectivity index (χ4v) is 0.723. The van der Waals surface area contributed by atoms with Gasteiger partial charge < -0.3 is 10.2 Å². The minimum atomic E-state index is -0.708. The lowest BCUT2D eigenvalue weighted by Gasteiger charge is -2.24. The van der Waals surface area contributed by atoms with Crippen LogP contribution in [0.3, 0.4) is 0 Å². The van der Waals surface area contributed by atoms with Crippen molar-refractivity contribution in [3.05, 3.63) is 18.5 Å². The number of hydrogen-bond donors (Lipinski definition) is 2. The summed E-state index contributed by atoms with van der Waals surface area (Å²) in [6.07, 6.45) is 3.08. The number of aromatic nitrogens is 2. The van der Waals surface area contributed by atoms with Gasteiger partial charge in [-0.05, 0) is 6.92 Å². The SMILES string of the molecule is CC(CO)(CO)n1c[c]cn1. The molecule has 0 amide bonds. The zero-order valence-electron chi connectivity index (χ0n) is 6.36. The van der Waals surface area contributed by atoms with Gasteiger partial charge in [-0.15, -0.1) is 0 Å². The summed E-state index contributed by atoms with van der Waals surface area (Å²) in [4.78, 5) is 0. The lowest BCUT2D eigenvalue weighted by molar-refractivity contribution is 0.0681. The van der Waals surface area contributed by atoms with Gasteiger partial charge in [0, 0.05) is 12.3 Å². The van der Waals surface area contributed by atoms with Crippen molar-refractivity contribution in [1.29, 1.82) is 0 Å². The summed E-state index contributed by atoms with van der Waals surface area (Å²) in [6, 6.07) is 2.73. The molecule has 0 atom stereocenters. The molecular formula is C7H11N2O2. The van der Waals surface area contributed by atoms with Gasteiger partial charge in [-0.25, -0.2) is 0 Å². The van der Waals surface area contributed by atoms with Crippen molar-refractivity contribution in [2.75, 3.05) is 13.2 Å². The van der Waals surface area contributed by atoms with E-state index in [4.69, 9.17) is 10.2 Å². The van der Waals surface area contributed by atoms with Crippen molar-refractivity contribution < 1.29 is 10.2 Å². The minimum absolute atomic E-state index is 0.140. The molecule has 61 valence electrons. The lowest BCUT2D eigenvalue weighted by Crippen LogP contribution is -2.38. The molecular weight excluding hydrogens is 144 g/mol. The molecule has 0 unspecified atom stereocenters. The molecule has 1 rings (SSSR count). The number of aliphatic hydroxyl groups is 2. The van der Waals surface area contributed by atoms with E-state index in [9.17, 15) is 0 Å². The van der Waals surface area contributed by atoms with Crippen LogP contribution in [0.2, 0.25) is 0 Å². The van der Waals surface area contributed by atoms with E-state index in [-0.39, 0.29) is 13.2 Å². The first-order valence-electron chi connectivity index (χ1n) is 3.36. The third kappa shape index (κ3) is 1.41. The Morgan fingerprint density at radius 3 is 2.55 bits per heavy atom. The third-order valence-corrected chi connectivity index (χ3v) is 1.69. The fourth-order valence-electron chi connectivity index (χ4n) is 0.723. The molecule has 0 saturated carbocycles. The predicted octanol–water partition coefficient (Wildman–Crippen LogP) is -0.617. The van der Waals surface area contributed by atoms with Crippen LogP contribution in [0.25, 0.3) is 0 Å². The topological polar surface area (TPSA) is 58.3 Å². The largest absolute Gasteiger partial charge is 0.394 e. The Hall–Kier alpha value is -0.870. The fraction of sp³-hybridized carbons (Fsp3) is 0.571. The Labute approximate surface area is 65.1 Å². The quantitative estimate of drug-likeness (QED) is 0.611. The third-order valence-electron chi connectivity index (χ3n) is 1.69. The molecule has 1 aromatic rings. The first-order valence-corrected chi connectivity index (χ1v) is 3.36. The Kier molecular flexibility index (Phi) is 2.26. The van der Waals surface area contributed by atoms with Crippen molar-refractivity contribution >= 4 is 0 Å². The molecule has 1 aromatic heterocycles. The van der Waals surface area contributed by atoms with Crippen LogP contribution in [0.1, 0.15) is 6.92 Å². The summed E-state index contributed by atoms with van der Waals surface area (Å²) in [7, 11) is 0. The summed E-state index contributed by atoms with van der Waals surface area (Å²) in [5.41, 5.74) is -0.708. The van der Waals surface area contributed by atoms with Gasteiger partial charge >= 0.3 is 0 Å². The molecule has 0 bridgehead atoms. The minimum Gasteiger partial charge on any atom is -0.394 e. The van der Waals surface area contributed by atoms with E-state index in [1.807, 2.05) is 0 Å². The van der Waals surface area contributed by atoms with Crippen LogP contribution in [0.5, 0.6) is 0 Å². The second-order valence-corrected chi connectivity index (χ2v) is 2.70. The maximum atomic E-state index is 8.92. The summed E-state index contributed by atoms with van der Waals surface area (Å²) in [5, 5.41) is 21.7. The second-order valence-electron chi connectivity index (χ2n) is 2.70. The van der Waals surface area contributed by atoms with Crippen LogP contribution in [0.15, 0.2) is 12.4 Å². The molecule has 0 fully saturated rings. The molecule has 0 aliphatic carbocycles. The average molecular weight is 155 g/mol. The van der Waals surface area contributed by atoms with E-state index in [1.165, 1.54) is 10.9 Å². The smallest absolute Gasteiger partial charge is 0.106 e. The molecule has 11 heavy (non-hydrogen) atoms. The number of aliphatic hydroxyl groups excluding tert-OH is 2. The van der Waals surface area contributed by atoms with Crippen LogP contribution in [-0.4, -0.2) is 33.2 Å². The van der Waals surface area contributed by atoms with Crippen molar-refractivity contribution in [3.8, 4) is 0 Å². The molecule has 2 N–H and O–H groups in total. The van der Waals surface area contributed by atoms with Crippen molar-refractivity contribution in [3.63, 3.8) is 0 Å². The van der Waals surface area contributed by atoms with Gasteiger partial charge in [-0.3, -0.25) is 4.68 Å². The van der Waals surface area contributed by atoms with Gasteiger partial charge in [-0.2, -0.15) is 5.10 Å². The van der Waals surface area contributed by atoms with Gasteiger partial charge in [-0.1, -0.05) is 0 Å². The summed E-state index contributed by atoms with van der Waals surface area (Å²) >= 11 is 0. The maximum Gasteiger partial charge on any atom is 0.106 e. The van der Waals surface area contributed by atoms with E-state index in [1.54, 1.807) is 13.1 Å². The summed E-state index contributed by atoms with van der Waals surface area (Å²) < 4.78 is 1.49. The molecule has 4 nitrogen and oxygen atoms in total. The highest BCUT2D eigenvalue weighted by Crippen LogP contribution is 2.11. The average Bonchev–Trinajstić information content (AvgIpc) is 2.55. The molecule has 4 heteroatoms. The zero-order chi connectivity index (χ0) is 8.32. The first-order chi connectivity index (χ1) is 5.23. The Morgan fingerprint density at radius 1 is 1.55 bits per heavy atom. The predicted molar refractivity (Wildman–Crippen MR) is 38.9 cm³/mol. The molecule has 1 heterocycles. The highest BCUT2D eigenvalue weighted by Gasteiger charge is 2.24. The standard InChI is InChI=1S/C7H11N2O2/c1-7(5-10,6-11)9-4-2-3-8-9/h3-4,10-11H,5-6H2,1H3.